The van der Waals surface area contributed by atoms with Gasteiger partial charge in [-0.3, -0.25) is 0 Å². The molecule has 3 nitrogen and oxygen atoms in total. The molecule has 1 aromatic carbocycles. The second-order valence-electron chi connectivity index (χ2n) is 3.81. The van der Waals surface area contributed by atoms with Crippen molar-refractivity contribution in [1.29, 1.82) is 5.26 Å². The van der Waals surface area contributed by atoms with E-state index in [2.05, 4.69) is 20.9 Å². The van der Waals surface area contributed by atoms with E-state index in [1.807, 2.05) is 6.07 Å². The normalized spacial score (nSPS) is 11.4. The fourth-order valence-corrected chi connectivity index (χ4v) is 2.02. The van der Waals surface area contributed by atoms with E-state index in [9.17, 15) is 13.2 Å². The molecule has 19 heavy (non-hydrogen) atoms. The van der Waals surface area contributed by atoms with E-state index >= 15 is 0 Å². The van der Waals surface area contributed by atoms with Crippen LogP contribution in [-0.2, 0) is 6.18 Å². The number of alkyl halides is 3. The smallest absolute Gasteiger partial charge is 0.302 e. The van der Waals surface area contributed by atoms with Gasteiger partial charge in [-0.15, -0.1) is 0 Å². The Labute approximate surface area is 115 Å². The number of hydrogen-bond donors (Lipinski definition) is 0. The molecule has 0 bridgehead atoms. The van der Waals surface area contributed by atoms with E-state index in [0.29, 0.717) is 10.2 Å². The second-order valence-corrected chi connectivity index (χ2v) is 4.73. The molecule has 0 aliphatic rings. The van der Waals surface area contributed by atoms with Crippen molar-refractivity contribution in [3.8, 4) is 11.8 Å². The molecule has 0 aliphatic heterocycles. The first kappa shape index (κ1) is 13.6. The molecule has 0 radical (unpaired) electrons. The van der Waals surface area contributed by atoms with Crippen LogP contribution in [-0.4, -0.2) is 9.55 Å². The van der Waals surface area contributed by atoms with E-state index in [1.165, 1.54) is 11.5 Å². The first-order chi connectivity index (χ1) is 8.82. The van der Waals surface area contributed by atoms with Gasteiger partial charge in [0.1, 0.15) is 11.9 Å². The molecule has 1 aromatic heterocycles. The van der Waals surface area contributed by atoms with E-state index in [0.717, 1.165) is 6.20 Å². The van der Waals surface area contributed by atoms with Crippen LogP contribution in [0.4, 0.5) is 13.2 Å². The predicted octanol–water partition coefficient (Wildman–Crippen LogP) is 3.83. The Balaban J connectivity index is 2.61. The van der Waals surface area contributed by atoms with Crippen molar-refractivity contribution in [2.24, 2.45) is 0 Å². The highest BCUT2D eigenvalue weighted by Gasteiger charge is 2.34. The number of rotatable bonds is 1. The minimum absolute atomic E-state index is 0.172. The molecular formula is C12H7BrF3N3. The first-order valence-corrected chi connectivity index (χ1v) is 5.95. The van der Waals surface area contributed by atoms with Gasteiger partial charge in [0.25, 0.3) is 0 Å². The predicted molar refractivity (Wildman–Crippen MR) is 65.7 cm³/mol. The molecule has 0 aliphatic carbocycles. The van der Waals surface area contributed by atoms with Crippen molar-refractivity contribution in [1.82, 2.24) is 9.55 Å². The molecule has 0 spiro atoms. The first-order valence-electron chi connectivity index (χ1n) is 5.16. The van der Waals surface area contributed by atoms with Gasteiger partial charge in [0, 0.05) is 10.7 Å². The third-order valence-corrected chi connectivity index (χ3v) is 3.00. The summed E-state index contributed by atoms with van der Waals surface area (Å²) in [5.41, 5.74) is -0.341. The van der Waals surface area contributed by atoms with Crippen LogP contribution in [0.25, 0.3) is 5.69 Å². The molecule has 7 heteroatoms. The highest BCUT2D eigenvalue weighted by atomic mass is 79.9. The van der Waals surface area contributed by atoms with Crippen molar-refractivity contribution in [3.05, 3.63) is 46.0 Å². The van der Waals surface area contributed by atoms with Gasteiger partial charge in [-0.05, 0) is 25.1 Å². The largest absolute Gasteiger partial charge is 0.434 e. The lowest BCUT2D eigenvalue weighted by molar-refractivity contribution is -0.141. The van der Waals surface area contributed by atoms with E-state index in [-0.39, 0.29) is 11.4 Å². The van der Waals surface area contributed by atoms with Crippen molar-refractivity contribution in [2.75, 3.05) is 0 Å². The zero-order valence-corrected chi connectivity index (χ0v) is 11.2. The summed E-state index contributed by atoms with van der Waals surface area (Å²) < 4.78 is 39.7. The highest BCUT2D eigenvalue weighted by molar-refractivity contribution is 9.10. The summed E-state index contributed by atoms with van der Waals surface area (Å²) in [5, 5.41) is 9.03. The summed E-state index contributed by atoms with van der Waals surface area (Å²) >= 11 is 3.21. The summed E-state index contributed by atoms with van der Waals surface area (Å²) in [4.78, 5) is 3.47. The Morgan fingerprint density at radius 1 is 1.37 bits per heavy atom. The number of imidazole rings is 1. The average molecular weight is 330 g/mol. The van der Waals surface area contributed by atoms with E-state index in [4.69, 9.17) is 5.26 Å². The van der Waals surface area contributed by atoms with Crippen molar-refractivity contribution in [3.63, 3.8) is 0 Å². The highest BCUT2D eigenvalue weighted by Crippen LogP contribution is 2.30. The van der Waals surface area contributed by atoms with Crippen LogP contribution in [0.3, 0.4) is 0 Å². The Morgan fingerprint density at radius 2 is 2.05 bits per heavy atom. The third-order valence-electron chi connectivity index (χ3n) is 2.51. The molecule has 2 aromatic rings. The Morgan fingerprint density at radius 3 is 2.58 bits per heavy atom. The number of nitrogens with zero attached hydrogens (tertiary/aromatic N) is 3. The van der Waals surface area contributed by atoms with Gasteiger partial charge >= 0.3 is 6.18 Å². The Bertz CT molecular complexity index is 668. The number of aryl methyl sites for hydroxylation is 1. The number of benzene rings is 1. The summed E-state index contributed by atoms with van der Waals surface area (Å²) in [7, 11) is 0. The summed E-state index contributed by atoms with van der Waals surface area (Å²) in [5.74, 6) is 0.172. The van der Waals surface area contributed by atoms with Gasteiger partial charge < -0.3 is 4.57 Å². The number of nitriles is 1. The molecule has 0 saturated heterocycles. The summed E-state index contributed by atoms with van der Waals surface area (Å²) in [6.45, 7) is 1.46. The lowest BCUT2D eigenvalue weighted by Crippen LogP contribution is -2.05. The van der Waals surface area contributed by atoms with Gasteiger partial charge in [0.15, 0.2) is 5.69 Å². The van der Waals surface area contributed by atoms with E-state index in [1.54, 1.807) is 18.2 Å². The quantitative estimate of drug-likeness (QED) is 0.797. The molecule has 0 amide bonds. The molecule has 0 atom stereocenters. The van der Waals surface area contributed by atoms with Crippen molar-refractivity contribution in [2.45, 2.75) is 13.1 Å². The molecule has 0 N–H and O–H groups in total. The van der Waals surface area contributed by atoms with Crippen LogP contribution in [0.15, 0.2) is 28.9 Å². The summed E-state index contributed by atoms with van der Waals surface area (Å²) in [6, 6.07) is 6.72. The third kappa shape index (κ3) is 2.63. The zero-order valence-electron chi connectivity index (χ0n) is 9.66. The van der Waals surface area contributed by atoms with Gasteiger partial charge in [0.2, 0.25) is 0 Å². The fraction of sp³-hybridized carbons (Fsp3) is 0.167. The minimum atomic E-state index is -4.50. The fourth-order valence-electron chi connectivity index (χ4n) is 1.66. The van der Waals surface area contributed by atoms with Crippen LogP contribution in [0.2, 0.25) is 0 Å². The number of aromatic nitrogens is 2. The molecular weight excluding hydrogens is 323 g/mol. The molecule has 0 fully saturated rings. The minimum Gasteiger partial charge on any atom is -0.302 e. The van der Waals surface area contributed by atoms with Gasteiger partial charge in [-0.1, -0.05) is 15.9 Å². The lowest BCUT2D eigenvalue weighted by atomic mass is 10.2. The topological polar surface area (TPSA) is 41.6 Å². The van der Waals surface area contributed by atoms with Crippen LogP contribution in [0.1, 0.15) is 17.1 Å². The monoisotopic (exact) mass is 329 g/mol. The Kier molecular flexibility index (Phi) is 3.37. The molecule has 0 saturated carbocycles. The maximum Gasteiger partial charge on any atom is 0.434 e. The molecule has 0 unspecified atom stereocenters. The maximum absolute atomic E-state index is 12.6. The van der Waals surface area contributed by atoms with Gasteiger partial charge in [0.05, 0.1) is 11.3 Å². The zero-order chi connectivity index (χ0) is 14.2. The standard InChI is InChI=1S/C12H7BrF3N3/c1-7-18-11(12(14,15)16)6-19(7)10-3-2-9(13)4-8(10)5-17/h2-4,6H,1H3. The average Bonchev–Trinajstić information content (AvgIpc) is 2.71. The SMILES string of the molecule is Cc1nc(C(F)(F)F)cn1-c1ccc(Br)cc1C#N. The van der Waals surface area contributed by atoms with E-state index < -0.39 is 11.9 Å². The summed E-state index contributed by atoms with van der Waals surface area (Å²) in [6.07, 6.45) is -3.61. The van der Waals surface area contributed by atoms with Crippen molar-refractivity contribution < 1.29 is 13.2 Å². The second kappa shape index (κ2) is 4.70. The van der Waals surface area contributed by atoms with Crippen LogP contribution < -0.4 is 0 Å². The van der Waals surface area contributed by atoms with Crippen molar-refractivity contribution >= 4 is 15.9 Å². The van der Waals surface area contributed by atoms with Crippen LogP contribution in [0.5, 0.6) is 0 Å². The van der Waals surface area contributed by atoms with Gasteiger partial charge in [-0.25, -0.2) is 4.98 Å². The van der Waals surface area contributed by atoms with Gasteiger partial charge in [-0.2, -0.15) is 18.4 Å². The van der Waals surface area contributed by atoms with Crippen LogP contribution >= 0.6 is 15.9 Å². The molecule has 1 heterocycles. The molecule has 98 valence electrons. The maximum atomic E-state index is 12.6. The number of hydrogen-bond acceptors (Lipinski definition) is 2. The number of halogens is 4. The molecule has 2 rings (SSSR count). The lowest BCUT2D eigenvalue weighted by Gasteiger charge is -2.07. The Hall–Kier alpha value is -1.81. The van der Waals surface area contributed by atoms with Crippen LogP contribution in [0, 0.1) is 18.3 Å².